The second-order valence-electron chi connectivity index (χ2n) is 33.0. The summed E-state index contributed by atoms with van der Waals surface area (Å²) in [6.07, 6.45) is 5.31. The molecule has 0 fully saturated rings. The van der Waals surface area contributed by atoms with Gasteiger partial charge in [-0.15, -0.1) is 86.3 Å². The van der Waals surface area contributed by atoms with Crippen LogP contribution in [0.25, 0.3) is 0 Å². The molecule has 0 aliphatic carbocycles. The second kappa shape index (κ2) is 50.7. The number of anilines is 5. The zero-order valence-electron chi connectivity index (χ0n) is 80.9. The number of carbonyl (C=O) groups excluding carboxylic acids is 13. The van der Waals surface area contributed by atoms with E-state index in [1.165, 1.54) is 19.6 Å². The lowest BCUT2D eigenvalue weighted by Gasteiger charge is -2.26. The summed E-state index contributed by atoms with van der Waals surface area (Å²) in [7, 11) is 0. The minimum atomic E-state index is -0.283. The number of thiophene rings is 4. The summed E-state index contributed by atoms with van der Waals surface area (Å²) in [4.78, 5) is 172. The van der Waals surface area contributed by atoms with Crippen LogP contribution in [-0.2, 0) is 4.79 Å². The van der Waals surface area contributed by atoms with Crippen LogP contribution in [-0.4, -0.2) is 176 Å². The minimum Gasteiger partial charge on any atom is -0.372 e. The highest BCUT2D eigenvalue weighted by molar-refractivity contribution is 7.19. The molecule has 0 spiro atoms. The van der Waals surface area contributed by atoms with E-state index in [2.05, 4.69) is 72.8 Å². The molecule has 0 bridgehead atoms. The van der Waals surface area contributed by atoms with Gasteiger partial charge in [0.2, 0.25) is 5.91 Å². The van der Waals surface area contributed by atoms with E-state index in [4.69, 9.17) is 46.4 Å². The summed E-state index contributed by atoms with van der Waals surface area (Å²) in [6.45, 7) is 22.2. The Hall–Kier alpha value is -16.0. The molecule has 148 heavy (non-hydrogen) atoms. The van der Waals surface area contributed by atoms with Gasteiger partial charge in [0.1, 0.15) is 52.2 Å². The molecule has 8 heterocycles. The standard InChI is InChI=1S/C28H25ClN6O4S.C27H24ClN5O3S.C26H22ClN5O3S.C25H20ClN5O3S/c1-3-24(37)31-22-14-17(10-11-21(22)32-33-26-20(15-30)25(29)23(16-36)40-26)34(4-2)12-7-13-35-27(38)18-8-5-6-9-19(18)28(35)39;1-3-32(12-6-7-13-33-26(35)19-8-4-5-9-20(19)27(33)36)18-10-11-22(17(2)14-18)30-31-25-21(15-29)24(28)23(16-34)37-25;1-3-31(11-6-12-32-25(34)18-7-4-5-8-19(18)26(32)35)17-9-10-21(16(2)13-17)29-30-24-20(14-28)23(27)22(15-33)36-24;1-3-30(10-11-31-24(33)17-6-4-5-7-18(17)25(31)34)16-8-9-20(15(2)12-16)28-29-23-19(13-27)22(26)21(14-32)35-23/h5-6,8-11,14,16H,3-4,7,12-13H2,1-2H3,(H,31,37);4-5,8-11,14,16H,3,6-7,12-13H2,1-2H3;4-5,7-10,13,15H,3,6,11-12H2,1-2H3;4-9,12,14H,3,10-11H2,1-2H3. The van der Waals surface area contributed by atoms with Crippen molar-refractivity contribution in [2.75, 3.05) is 103 Å². The van der Waals surface area contributed by atoms with Crippen LogP contribution in [0.1, 0.15) is 227 Å². The quantitative estimate of drug-likeness (QED) is 0.0162. The van der Waals surface area contributed by atoms with Crippen LogP contribution in [0.5, 0.6) is 0 Å². The normalized spacial score (nSPS) is 12.7. The Kier molecular flexibility index (Phi) is 37.4. The average molecular weight is 2140 g/mol. The Balaban J connectivity index is 0.000000165. The van der Waals surface area contributed by atoms with E-state index < -0.39 is 0 Å². The maximum Gasteiger partial charge on any atom is 0.261 e. The minimum absolute atomic E-state index is 0.0334. The molecule has 0 saturated carbocycles. The number of nitrogens with one attached hydrogen (secondary N) is 1. The van der Waals surface area contributed by atoms with E-state index in [0.29, 0.717) is 168 Å². The Labute approximate surface area is 886 Å². The zero-order valence-corrected chi connectivity index (χ0v) is 87.2. The number of hydrogen-bond acceptors (Lipinski definition) is 33. The molecule has 1 N–H and O–H groups in total. The van der Waals surface area contributed by atoms with Gasteiger partial charge in [-0.25, -0.2) is 0 Å². The maximum absolute atomic E-state index is 12.7. The van der Waals surface area contributed by atoms with Gasteiger partial charge in [0.05, 0.1) is 107 Å². The van der Waals surface area contributed by atoms with Gasteiger partial charge < -0.3 is 24.9 Å². The van der Waals surface area contributed by atoms with Crippen molar-refractivity contribution in [2.24, 2.45) is 40.9 Å². The van der Waals surface area contributed by atoms with Gasteiger partial charge in [0, 0.05) is 108 Å². The molecule has 0 unspecified atom stereocenters. The number of halogens is 4. The molecule has 750 valence electrons. The van der Waals surface area contributed by atoms with Gasteiger partial charge in [-0.2, -0.15) is 21.0 Å². The lowest BCUT2D eigenvalue weighted by atomic mass is 10.1. The first-order valence-electron chi connectivity index (χ1n) is 46.4. The predicted molar refractivity (Wildman–Crippen MR) is 571 cm³/mol. The van der Waals surface area contributed by atoms with E-state index in [0.717, 1.165) is 111 Å². The molecule has 34 nitrogen and oxygen atoms in total. The number of carbonyl (C=O) groups is 13. The van der Waals surface area contributed by atoms with E-state index in [1.54, 1.807) is 122 Å². The lowest BCUT2D eigenvalue weighted by Crippen LogP contribution is -2.38. The Morgan fingerprint density at radius 2 is 0.561 bits per heavy atom. The largest absolute Gasteiger partial charge is 0.372 e. The fraction of sp³-hybridized carbons (Fsp3) is 0.236. The molecule has 4 aliphatic heterocycles. The molecular formula is C106H91Cl4N21O13S4. The molecule has 42 heteroatoms. The molecule has 4 aliphatic rings. The number of hydrogen-bond donors (Lipinski definition) is 1. The predicted octanol–water partition coefficient (Wildman–Crippen LogP) is 25.3. The number of unbranched alkanes of at least 4 members (excludes halogenated alkanes) is 1. The van der Waals surface area contributed by atoms with Crippen molar-refractivity contribution in [3.8, 4) is 24.3 Å². The molecule has 16 rings (SSSR count). The van der Waals surface area contributed by atoms with Crippen LogP contribution in [0.2, 0.25) is 20.1 Å². The zero-order chi connectivity index (χ0) is 106. The first-order chi connectivity index (χ1) is 71.5. The van der Waals surface area contributed by atoms with Crippen LogP contribution in [0.4, 0.5) is 71.2 Å². The van der Waals surface area contributed by atoms with Crippen LogP contribution in [0, 0.1) is 66.1 Å². The van der Waals surface area contributed by atoms with Gasteiger partial charge in [-0.05, 0) is 212 Å². The number of azo groups is 4. The smallest absolute Gasteiger partial charge is 0.261 e. The van der Waals surface area contributed by atoms with Gasteiger partial charge >= 0.3 is 0 Å². The van der Waals surface area contributed by atoms with Crippen molar-refractivity contribution in [1.82, 2.24) is 19.6 Å². The van der Waals surface area contributed by atoms with Crippen molar-refractivity contribution in [1.29, 1.82) is 21.0 Å². The highest BCUT2D eigenvalue weighted by Crippen LogP contribution is 2.45. The van der Waals surface area contributed by atoms with Crippen molar-refractivity contribution < 1.29 is 62.3 Å². The third-order valence-corrected chi connectivity index (χ3v) is 30.2. The Morgan fingerprint density at radius 3 is 0.811 bits per heavy atom. The monoisotopic (exact) mass is 2130 g/mol. The van der Waals surface area contributed by atoms with Crippen LogP contribution < -0.4 is 24.9 Å². The van der Waals surface area contributed by atoms with Crippen molar-refractivity contribution in [2.45, 2.75) is 87.5 Å². The first kappa shape index (κ1) is 109. The third kappa shape index (κ3) is 24.4. The molecule has 9 amide bonds. The number of nitrogens with zero attached hydrogens (tertiary/aromatic N) is 20. The molecule has 8 aromatic carbocycles. The van der Waals surface area contributed by atoms with Gasteiger partial charge in [0.15, 0.2) is 45.1 Å². The molecule has 0 atom stereocenters. The summed E-state index contributed by atoms with van der Waals surface area (Å²) in [5.41, 5.74) is 13.1. The number of fused-ring (bicyclic) bond motifs is 4. The van der Waals surface area contributed by atoms with Gasteiger partial charge in [0.25, 0.3) is 47.3 Å². The number of amides is 9. The number of imide groups is 4. The lowest BCUT2D eigenvalue weighted by molar-refractivity contribution is -0.115. The van der Waals surface area contributed by atoms with Crippen LogP contribution in [0.15, 0.2) is 211 Å². The van der Waals surface area contributed by atoms with Crippen molar-refractivity contribution >= 4 is 241 Å². The summed E-state index contributed by atoms with van der Waals surface area (Å²) >= 11 is 28.2. The van der Waals surface area contributed by atoms with E-state index in [-0.39, 0.29) is 150 Å². The first-order valence-corrected chi connectivity index (χ1v) is 51.2. The van der Waals surface area contributed by atoms with Crippen molar-refractivity contribution in [3.05, 3.63) is 293 Å². The fourth-order valence-electron chi connectivity index (χ4n) is 16.3. The number of aryl methyl sites for hydroxylation is 3. The topological polar surface area (TPSA) is 454 Å². The second-order valence-corrected chi connectivity index (χ2v) is 38.7. The highest BCUT2D eigenvalue weighted by Gasteiger charge is 2.39. The number of benzene rings is 8. The molecule has 12 aromatic rings. The molecule has 0 saturated heterocycles. The number of aldehydes is 4. The van der Waals surface area contributed by atoms with E-state index >= 15 is 0 Å². The van der Waals surface area contributed by atoms with Gasteiger partial charge in [-0.3, -0.25) is 81.9 Å². The van der Waals surface area contributed by atoms with Crippen LogP contribution in [0.3, 0.4) is 0 Å². The summed E-state index contributed by atoms with van der Waals surface area (Å²) in [5, 5.41) is 75.1. The maximum atomic E-state index is 12.7. The Morgan fingerprint density at radius 1 is 0.324 bits per heavy atom. The number of nitriles is 4. The van der Waals surface area contributed by atoms with Gasteiger partial charge in [-0.1, -0.05) is 102 Å². The summed E-state index contributed by atoms with van der Waals surface area (Å²) in [5.74, 6) is -2.24. The van der Waals surface area contributed by atoms with E-state index in [1.807, 2.05) is 120 Å². The number of likely N-dealkylation sites (N-methyl/N-ethyl adjacent to an activating group) is 1. The Bertz CT molecular complexity index is 7450. The molecule has 0 radical (unpaired) electrons. The number of rotatable bonds is 38. The van der Waals surface area contributed by atoms with Crippen LogP contribution >= 0.6 is 91.8 Å². The van der Waals surface area contributed by atoms with E-state index in [9.17, 15) is 83.4 Å². The summed E-state index contributed by atoms with van der Waals surface area (Å²) < 4.78 is 0. The summed E-state index contributed by atoms with van der Waals surface area (Å²) in [6, 6.07) is 57.8. The molecule has 4 aromatic heterocycles. The SMILES string of the molecule is CCC(=O)Nc1cc(N(CC)CCCN2C(=O)c3ccccc3C2=O)ccc1N=Nc1sc(C=O)c(Cl)c1C#N.CCN(CCCCN1C(=O)c2ccccc2C1=O)c1ccc(N=Nc2sc(C=O)c(Cl)c2C#N)c(C)c1.CCN(CCCN1C(=O)c2ccccc2C1=O)c1ccc(N=Nc2sc(C=O)c(Cl)c2C#N)c(C)c1.CCN(CCN1C(=O)c2ccccc2C1=O)c1ccc(N=Nc2sc(C=O)c(Cl)c2C#N)c(C)c1. The highest BCUT2D eigenvalue weighted by atomic mass is 35.5. The average Bonchev–Trinajstić information content (AvgIpc) is 1.64. The third-order valence-electron chi connectivity index (χ3n) is 24.2. The van der Waals surface area contributed by atoms with Crippen molar-refractivity contribution in [3.63, 3.8) is 0 Å². The fourth-order valence-corrected chi connectivity index (χ4v) is 20.8. The molecular weight excluding hydrogens is 2050 g/mol.